The first kappa shape index (κ1) is 16.2. The predicted molar refractivity (Wildman–Crippen MR) is 96.6 cm³/mol. The van der Waals surface area contributed by atoms with E-state index in [2.05, 4.69) is 29.3 Å². The van der Waals surface area contributed by atoms with Gasteiger partial charge in [0.15, 0.2) is 5.78 Å². The minimum atomic E-state index is -0.0701. The molecule has 0 radical (unpaired) electrons. The summed E-state index contributed by atoms with van der Waals surface area (Å²) in [7, 11) is 0. The Balaban J connectivity index is 1.73. The molecule has 2 aromatic rings. The largest absolute Gasteiger partial charge is 0.359 e. The van der Waals surface area contributed by atoms with E-state index in [9.17, 15) is 9.59 Å². The van der Waals surface area contributed by atoms with Crippen LogP contribution in [0.2, 0.25) is 0 Å². The van der Waals surface area contributed by atoms with Gasteiger partial charge >= 0.3 is 0 Å². The second kappa shape index (κ2) is 6.87. The molecule has 4 heteroatoms. The minimum Gasteiger partial charge on any atom is -0.359 e. The van der Waals surface area contributed by atoms with Crippen molar-refractivity contribution in [3.05, 3.63) is 59.7 Å². The maximum Gasteiger partial charge on any atom is 0.243 e. The van der Waals surface area contributed by atoms with Crippen LogP contribution in [0.4, 0.5) is 11.4 Å². The molecule has 0 spiro atoms. The number of fused-ring (bicyclic) bond motifs is 1. The number of para-hydroxylation sites is 1. The molecular formula is C20H22N2O2. The van der Waals surface area contributed by atoms with Crippen LogP contribution in [0.5, 0.6) is 0 Å². The quantitative estimate of drug-likeness (QED) is 0.874. The smallest absolute Gasteiger partial charge is 0.243 e. The highest BCUT2D eigenvalue weighted by Gasteiger charge is 2.24. The third-order valence-electron chi connectivity index (χ3n) is 4.53. The van der Waals surface area contributed by atoms with Crippen molar-refractivity contribution in [2.75, 3.05) is 16.8 Å². The first-order valence-corrected chi connectivity index (χ1v) is 8.30. The Hall–Kier alpha value is -2.62. The Labute approximate surface area is 142 Å². The van der Waals surface area contributed by atoms with Gasteiger partial charge in [-0.2, -0.15) is 0 Å². The van der Waals surface area contributed by atoms with E-state index in [4.69, 9.17) is 0 Å². The number of anilines is 2. The highest BCUT2D eigenvalue weighted by Crippen LogP contribution is 2.30. The zero-order valence-corrected chi connectivity index (χ0v) is 14.1. The number of nitrogens with one attached hydrogen (secondary N) is 1. The normalized spacial score (nSPS) is 16.4. The molecule has 0 saturated heterocycles. The van der Waals surface area contributed by atoms with Gasteiger partial charge in [-0.05, 0) is 50.5 Å². The molecule has 1 aliphatic heterocycles. The molecule has 0 fully saturated rings. The fourth-order valence-corrected chi connectivity index (χ4v) is 3.17. The lowest BCUT2D eigenvalue weighted by Crippen LogP contribution is -2.42. The van der Waals surface area contributed by atoms with Gasteiger partial charge in [-0.25, -0.2) is 0 Å². The van der Waals surface area contributed by atoms with E-state index in [0.29, 0.717) is 23.8 Å². The van der Waals surface area contributed by atoms with Crippen molar-refractivity contribution in [3.8, 4) is 0 Å². The van der Waals surface area contributed by atoms with Gasteiger partial charge in [0.05, 0.1) is 6.54 Å². The highest BCUT2D eigenvalue weighted by atomic mass is 16.2. The summed E-state index contributed by atoms with van der Waals surface area (Å²) in [6.07, 6.45) is 2.10. The Morgan fingerprint density at radius 3 is 2.75 bits per heavy atom. The highest BCUT2D eigenvalue weighted by molar-refractivity contribution is 5.98. The fourth-order valence-electron chi connectivity index (χ4n) is 3.17. The topological polar surface area (TPSA) is 49.4 Å². The summed E-state index contributed by atoms with van der Waals surface area (Å²) in [6, 6.07) is 15.6. The molecule has 24 heavy (non-hydrogen) atoms. The van der Waals surface area contributed by atoms with E-state index in [0.717, 1.165) is 18.5 Å². The molecule has 0 saturated carbocycles. The summed E-state index contributed by atoms with van der Waals surface area (Å²) in [5.74, 6) is -0.0797. The zero-order valence-electron chi connectivity index (χ0n) is 14.1. The first-order chi connectivity index (χ1) is 11.5. The molecule has 1 amide bonds. The third-order valence-corrected chi connectivity index (χ3v) is 4.53. The maximum atomic E-state index is 12.5. The molecule has 0 bridgehead atoms. The second-order valence-electron chi connectivity index (χ2n) is 6.33. The van der Waals surface area contributed by atoms with Crippen molar-refractivity contribution in [3.63, 3.8) is 0 Å². The molecule has 124 valence electrons. The van der Waals surface area contributed by atoms with E-state index in [1.165, 1.54) is 12.5 Å². The standard InChI is InChI=1S/C20H22N2O2/c1-14-10-11-16-6-3-4-9-19(16)22(14)13-20(24)21-18-8-5-7-17(12-18)15(2)23/h3-9,12,14H,10-11,13H2,1-2H3,(H,21,24)/t14-/m1/s1. The summed E-state index contributed by atoms with van der Waals surface area (Å²) in [5.41, 5.74) is 3.70. The predicted octanol–water partition coefficient (Wildman–Crippen LogP) is 3.67. The maximum absolute atomic E-state index is 12.5. The van der Waals surface area contributed by atoms with Gasteiger partial charge in [0.1, 0.15) is 0 Å². The van der Waals surface area contributed by atoms with Crippen LogP contribution in [-0.2, 0) is 11.2 Å². The molecule has 1 aliphatic rings. The Morgan fingerprint density at radius 1 is 1.17 bits per heavy atom. The van der Waals surface area contributed by atoms with Crippen molar-refractivity contribution < 1.29 is 9.59 Å². The molecular weight excluding hydrogens is 300 g/mol. The average Bonchev–Trinajstić information content (AvgIpc) is 2.57. The lowest BCUT2D eigenvalue weighted by atomic mass is 9.96. The van der Waals surface area contributed by atoms with E-state index >= 15 is 0 Å². The van der Waals surface area contributed by atoms with E-state index in [-0.39, 0.29) is 11.7 Å². The number of aryl methyl sites for hydroxylation is 1. The summed E-state index contributed by atoms with van der Waals surface area (Å²) >= 11 is 0. The Morgan fingerprint density at radius 2 is 1.96 bits per heavy atom. The van der Waals surface area contributed by atoms with Crippen LogP contribution < -0.4 is 10.2 Å². The van der Waals surface area contributed by atoms with Crippen LogP contribution in [0.25, 0.3) is 0 Å². The van der Waals surface area contributed by atoms with Crippen molar-refractivity contribution in [2.24, 2.45) is 0 Å². The second-order valence-corrected chi connectivity index (χ2v) is 6.33. The van der Waals surface area contributed by atoms with Crippen molar-refractivity contribution in [1.29, 1.82) is 0 Å². The Bertz CT molecular complexity index is 770. The molecule has 1 heterocycles. The Kier molecular flexibility index (Phi) is 4.65. The van der Waals surface area contributed by atoms with Crippen LogP contribution in [0.1, 0.15) is 36.2 Å². The van der Waals surface area contributed by atoms with Crippen LogP contribution in [-0.4, -0.2) is 24.3 Å². The number of amides is 1. The summed E-state index contributed by atoms with van der Waals surface area (Å²) < 4.78 is 0. The first-order valence-electron chi connectivity index (χ1n) is 8.30. The van der Waals surface area contributed by atoms with Gasteiger partial charge in [-0.1, -0.05) is 30.3 Å². The molecule has 0 aromatic heterocycles. The summed E-state index contributed by atoms with van der Waals surface area (Å²) in [4.78, 5) is 26.1. The van der Waals surface area contributed by atoms with Gasteiger partial charge in [-0.15, -0.1) is 0 Å². The van der Waals surface area contributed by atoms with Crippen molar-refractivity contribution >= 4 is 23.1 Å². The van der Waals surface area contributed by atoms with Crippen molar-refractivity contribution in [2.45, 2.75) is 32.7 Å². The number of rotatable bonds is 4. The molecule has 0 aliphatic carbocycles. The molecule has 0 unspecified atom stereocenters. The van der Waals surface area contributed by atoms with Crippen molar-refractivity contribution in [1.82, 2.24) is 0 Å². The summed E-state index contributed by atoms with van der Waals surface area (Å²) in [6.45, 7) is 3.98. The number of Topliss-reactive ketones (excluding diaryl/α,β-unsaturated/α-hetero) is 1. The number of carbonyl (C=O) groups is 2. The van der Waals surface area contributed by atoms with Crippen LogP contribution in [0.15, 0.2) is 48.5 Å². The minimum absolute atomic E-state index is 0.00956. The lowest BCUT2D eigenvalue weighted by Gasteiger charge is -2.36. The number of hydrogen-bond donors (Lipinski definition) is 1. The van der Waals surface area contributed by atoms with Gasteiger partial charge in [0.2, 0.25) is 5.91 Å². The van der Waals surface area contributed by atoms with Gasteiger partial charge in [0.25, 0.3) is 0 Å². The van der Waals surface area contributed by atoms with E-state index < -0.39 is 0 Å². The molecule has 1 atom stereocenters. The number of ketones is 1. The van der Waals surface area contributed by atoms with Gasteiger partial charge < -0.3 is 10.2 Å². The van der Waals surface area contributed by atoms with Crippen LogP contribution in [0.3, 0.4) is 0 Å². The molecule has 1 N–H and O–H groups in total. The molecule has 3 rings (SSSR count). The van der Waals surface area contributed by atoms with E-state index in [1.54, 1.807) is 24.3 Å². The fraction of sp³-hybridized carbons (Fsp3) is 0.300. The number of benzene rings is 2. The lowest BCUT2D eigenvalue weighted by molar-refractivity contribution is -0.115. The van der Waals surface area contributed by atoms with Crippen LogP contribution >= 0.6 is 0 Å². The zero-order chi connectivity index (χ0) is 17.1. The number of nitrogens with zero attached hydrogens (tertiary/aromatic N) is 1. The molecule has 4 nitrogen and oxygen atoms in total. The van der Waals surface area contributed by atoms with Gasteiger partial charge in [-0.3, -0.25) is 9.59 Å². The SMILES string of the molecule is CC(=O)c1cccc(NC(=O)CN2c3ccccc3CC[C@H]2C)c1. The average molecular weight is 322 g/mol. The van der Waals surface area contributed by atoms with Crippen LogP contribution in [0, 0.1) is 0 Å². The number of hydrogen-bond acceptors (Lipinski definition) is 3. The third kappa shape index (κ3) is 3.48. The molecule has 2 aromatic carbocycles. The van der Waals surface area contributed by atoms with Gasteiger partial charge in [0, 0.05) is 23.0 Å². The monoisotopic (exact) mass is 322 g/mol. The van der Waals surface area contributed by atoms with E-state index in [1.807, 2.05) is 12.1 Å². The summed E-state index contributed by atoms with van der Waals surface area (Å²) in [5, 5.41) is 2.90. The number of carbonyl (C=O) groups excluding carboxylic acids is 2.